The first kappa shape index (κ1) is 12.3. The SMILES string of the molecule is O=[N+]([O-])c1cc(I)c(N2CCCC2)c(I)c1. The van der Waals surface area contributed by atoms with E-state index in [2.05, 4.69) is 50.1 Å². The van der Waals surface area contributed by atoms with E-state index < -0.39 is 0 Å². The minimum atomic E-state index is -0.335. The van der Waals surface area contributed by atoms with E-state index in [1.54, 1.807) is 12.1 Å². The summed E-state index contributed by atoms with van der Waals surface area (Å²) in [5.41, 5.74) is 1.33. The van der Waals surface area contributed by atoms with Gasteiger partial charge in [0.05, 0.1) is 10.6 Å². The van der Waals surface area contributed by atoms with Crippen LogP contribution in [-0.2, 0) is 0 Å². The highest BCUT2D eigenvalue weighted by Crippen LogP contribution is 2.34. The average molecular weight is 444 g/mol. The highest BCUT2D eigenvalue weighted by Gasteiger charge is 2.20. The topological polar surface area (TPSA) is 46.4 Å². The summed E-state index contributed by atoms with van der Waals surface area (Å²) in [6.45, 7) is 2.12. The van der Waals surface area contributed by atoms with Crippen molar-refractivity contribution in [1.82, 2.24) is 0 Å². The predicted octanol–water partition coefficient (Wildman–Crippen LogP) is 3.40. The zero-order chi connectivity index (χ0) is 11.7. The van der Waals surface area contributed by atoms with E-state index in [4.69, 9.17) is 0 Å². The molecule has 2 rings (SSSR count). The Kier molecular flexibility index (Phi) is 3.88. The Morgan fingerprint density at radius 3 is 2.12 bits per heavy atom. The van der Waals surface area contributed by atoms with Crippen molar-refractivity contribution in [3.8, 4) is 0 Å². The molecule has 16 heavy (non-hydrogen) atoms. The van der Waals surface area contributed by atoms with Crippen molar-refractivity contribution in [2.24, 2.45) is 0 Å². The Labute approximate surface area is 121 Å². The first-order valence-electron chi connectivity index (χ1n) is 4.98. The van der Waals surface area contributed by atoms with Gasteiger partial charge in [0.25, 0.3) is 5.69 Å². The van der Waals surface area contributed by atoms with E-state index in [0.29, 0.717) is 0 Å². The average Bonchev–Trinajstić information content (AvgIpc) is 2.69. The number of halogens is 2. The van der Waals surface area contributed by atoms with Crippen molar-refractivity contribution in [3.63, 3.8) is 0 Å². The van der Waals surface area contributed by atoms with E-state index in [0.717, 1.165) is 25.9 Å². The largest absolute Gasteiger partial charge is 0.370 e. The van der Waals surface area contributed by atoms with Crippen molar-refractivity contribution in [2.45, 2.75) is 12.8 Å². The van der Waals surface area contributed by atoms with Crippen molar-refractivity contribution >= 4 is 56.6 Å². The van der Waals surface area contributed by atoms with E-state index in [1.807, 2.05) is 0 Å². The third-order valence-electron chi connectivity index (χ3n) is 2.63. The van der Waals surface area contributed by atoms with Gasteiger partial charge in [-0.2, -0.15) is 0 Å². The second-order valence-corrected chi connectivity index (χ2v) is 6.03. The summed E-state index contributed by atoms with van der Waals surface area (Å²) in [5, 5.41) is 10.7. The minimum Gasteiger partial charge on any atom is -0.370 e. The van der Waals surface area contributed by atoms with Gasteiger partial charge in [-0.3, -0.25) is 10.1 Å². The van der Waals surface area contributed by atoms with Crippen LogP contribution in [0.4, 0.5) is 11.4 Å². The molecule has 0 atom stereocenters. The van der Waals surface area contributed by atoms with Gasteiger partial charge < -0.3 is 4.90 Å². The second-order valence-electron chi connectivity index (χ2n) is 3.71. The Morgan fingerprint density at radius 1 is 1.19 bits per heavy atom. The van der Waals surface area contributed by atoms with Gasteiger partial charge in [-0.1, -0.05) is 0 Å². The molecule has 0 unspecified atom stereocenters. The van der Waals surface area contributed by atoms with Crippen molar-refractivity contribution < 1.29 is 4.92 Å². The number of benzene rings is 1. The summed E-state index contributed by atoms with van der Waals surface area (Å²) in [4.78, 5) is 12.7. The number of hydrogen-bond donors (Lipinski definition) is 0. The maximum absolute atomic E-state index is 10.7. The lowest BCUT2D eigenvalue weighted by molar-refractivity contribution is -0.385. The van der Waals surface area contributed by atoms with Crippen molar-refractivity contribution in [3.05, 3.63) is 29.4 Å². The molecular formula is C10H10I2N2O2. The highest BCUT2D eigenvalue weighted by molar-refractivity contribution is 14.1. The molecule has 0 saturated carbocycles. The van der Waals surface area contributed by atoms with Crippen molar-refractivity contribution in [1.29, 1.82) is 0 Å². The van der Waals surface area contributed by atoms with Crippen LogP contribution in [0.25, 0.3) is 0 Å². The molecular weight excluding hydrogens is 434 g/mol. The molecule has 86 valence electrons. The van der Waals surface area contributed by atoms with E-state index in [-0.39, 0.29) is 10.6 Å². The lowest BCUT2D eigenvalue weighted by Gasteiger charge is -2.20. The van der Waals surface area contributed by atoms with E-state index in [9.17, 15) is 10.1 Å². The molecule has 1 fully saturated rings. The van der Waals surface area contributed by atoms with Crippen LogP contribution < -0.4 is 4.90 Å². The third-order valence-corrected chi connectivity index (χ3v) is 4.28. The van der Waals surface area contributed by atoms with Crippen LogP contribution in [0.2, 0.25) is 0 Å². The Balaban J connectivity index is 2.42. The normalized spacial score (nSPS) is 15.5. The van der Waals surface area contributed by atoms with E-state index >= 15 is 0 Å². The zero-order valence-corrected chi connectivity index (χ0v) is 12.8. The molecule has 0 spiro atoms. The van der Waals surface area contributed by atoms with Crippen LogP contribution >= 0.6 is 45.2 Å². The third kappa shape index (κ3) is 2.41. The van der Waals surface area contributed by atoms with Gasteiger partial charge in [0, 0.05) is 32.4 Å². The number of anilines is 1. The lowest BCUT2D eigenvalue weighted by Crippen LogP contribution is -2.20. The fraction of sp³-hybridized carbons (Fsp3) is 0.400. The zero-order valence-electron chi connectivity index (χ0n) is 8.45. The first-order valence-corrected chi connectivity index (χ1v) is 7.13. The number of nitrogens with zero attached hydrogens (tertiary/aromatic N) is 2. The molecule has 6 heteroatoms. The summed E-state index contributed by atoms with van der Waals surface area (Å²) in [5.74, 6) is 0. The molecule has 1 saturated heterocycles. The van der Waals surface area contributed by atoms with Gasteiger partial charge >= 0.3 is 0 Å². The summed E-state index contributed by atoms with van der Waals surface area (Å²) in [6.07, 6.45) is 2.42. The molecule has 0 aliphatic carbocycles. The van der Waals surface area contributed by atoms with Gasteiger partial charge in [-0.15, -0.1) is 0 Å². The van der Waals surface area contributed by atoms with Crippen LogP contribution in [0.15, 0.2) is 12.1 Å². The van der Waals surface area contributed by atoms with Crippen LogP contribution in [0.5, 0.6) is 0 Å². The summed E-state index contributed by atoms with van der Waals surface area (Å²) in [7, 11) is 0. The minimum absolute atomic E-state index is 0.178. The fourth-order valence-corrected chi connectivity index (χ4v) is 4.32. The lowest BCUT2D eigenvalue weighted by atomic mass is 10.2. The molecule has 4 nitrogen and oxygen atoms in total. The number of hydrogen-bond acceptors (Lipinski definition) is 3. The number of rotatable bonds is 2. The summed E-state index contributed by atoms with van der Waals surface area (Å²) < 4.78 is 1.94. The Bertz CT molecular complexity index is 408. The maximum atomic E-state index is 10.7. The summed E-state index contributed by atoms with van der Waals surface area (Å²) >= 11 is 4.37. The van der Waals surface area contributed by atoms with E-state index in [1.165, 1.54) is 12.8 Å². The molecule has 0 N–H and O–H groups in total. The smallest absolute Gasteiger partial charge is 0.271 e. The molecule has 0 radical (unpaired) electrons. The standard InChI is InChI=1S/C10H10I2N2O2/c11-8-5-7(14(15)16)6-9(12)10(8)13-3-1-2-4-13/h5-6H,1-4H2. The van der Waals surface area contributed by atoms with Crippen LogP contribution in [0, 0.1) is 17.3 Å². The fourth-order valence-electron chi connectivity index (χ4n) is 1.90. The Morgan fingerprint density at radius 2 is 1.69 bits per heavy atom. The first-order chi connectivity index (χ1) is 7.59. The summed E-state index contributed by atoms with van der Waals surface area (Å²) in [6, 6.07) is 3.30. The van der Waals surface area contributed by atoms with Gasteiger partial charge in [0.15, 0.2) is 0 Å². The molecule has 1 heterocycles. The number of nitro benzene ring substituents is 1. The second kappa shape index (κ2) is 5.03. The van der Waals surface area contributed by atoms with Crippen molar-refractivity contribution in [2.75, 3.05) is 18.0 Å². The molecule has 1 aliphatic heterocycles. The van der Waals surface area contributed by atoms with Crippen LogP contribution in [0.3, 0.4) is 0 Å². The highest BCUT2D eigenvalue weighted by atomic mass is 127. The van der Waals surface area contributed by atoms with Gasteiger partial charge in [0.2, 0.25) is 0 Å². The maximum Gasteiger partial charge on any atom is 0.271 e. The van der Waals surface area contributed by atoms with Gasteiger partial charge in [0.1, 0.15) is 0 Å². The molecule has 0 aromatic heterocycles. The molecule has 1 aromatic rings. The number of nitro groups is 1. The Hall–Kier alpha value is -0.120. The molecule has 0 bridgehead atoms. The molecule has 1 aromatic carbocycles. The predicted molar refractivity (Wildman–Crippen MR) is 80.0 cm³/mol. The number of non-ortho nitro benzene ring substituents is 1. The van der Waals surface area contributed by atoms with Gasteiger partial charge in [-0.25, -0.2) is 0 Å². The molecule has 0 amide bonds. The van der Waals surface area contributed by atoms with Gasteiger partial charge in [-0.05, 0) is 58.0 Å². The monoisotopic (exact) mass is 444 g/mol. The van der Waals surface area contributed by atoms with Crippen LogP contribution in [-0.4, -0.2) is 18.0 Å². The quantitative estimate of drug-likeness (QED) is 0.400. The molecule has 1 aliphatic rings. The van der Waals surface area contributed by atoms with Crippen LogP contribution in [0.1, 0.15) is 12.8 Å².